The zero-order valence-corrected chi connectivity index (χ0v) is 13.7. The molecule has 1 aromatic carbocycles. The Labute approximate surface area is 143 Å². The lowest BCUT2D eigenvalue weighted by molar-refractivity contribution is 0.115. The highest BCUT2D eigenvalue weighted by molar-refractivity contribution is 5.93. The van der Waals surface area contributed by atoms with Crippen LogP contribution in [0.5, 0.6) is 0 Å². The summed E-state index contributed by atoms with van der Waals surface area (Å²) in [6.07, 6.45) is 1.30. The fraction of sp³-hybridized carbons (Fsp3) is 0.308. The first kappa shape index (κ1) is 15.7. The van der Waals surface area contributed by atoms with E-state index in [4.69, 9.17) is 4.84 Å². The number of rotatable bonds is 4. The van der Waals surface area contributed by atoms with Crippen LogP contribution in [0.15, 0.2) is 28.0 Å². The molecule has 132 valence electrons. The molecule has 3 heterocycles. The minimum absolute atomic E-state index is 0.223. The molecule has 4 rings (SSSR count). The van der Waals surface area contributed by atoms with Gasteiger partial charge in [-0.15, -0.1) is 20.4 Å². The molecule has 0 fully saturated rings. The standard InChI is InChI=1S/C13H12N10O3/c1-7(5-21-15-6-14-18-21)22-12(24)8-3-11-9(4-10(8)16-19-22)13(25)23(26-2)20-17-11/h3-4,6-7H,5H2,1-2H3. The molecule has 0 spiro atoms. The molecule has 0 saturated heterocycles. The second-order valence-electron chi connectivity index (χ2n) is 5.52. The third-order valence-electron chi connectivity index (χ3n) is 3.85. The van der Waals surface area contributed by atoms with Crippen molar-refractivity contribution >= 4 is 21.8 Å². The number of hydrogen-bond acceptors (Lipinski definition) is 10. The third-order valence-corrected chi connectivity index (χ3v) is 3.85. The Balaban J connectivity index is 1.86. The predicted molar refractivity (Wildman–Crippen MR) is 86.2 cm³/mol. The molecule has 1 atom stereocenters. The van der Waals surface area contributed by atoms with E-state index in [1.54, 1.807) is 6.92 Å². The van der Waals surface area contributed by atoms with Gasteiger partial charge in [-0.3, -0.25) is 9.59 Å². The molecular formula is C13H12N10O3. The lowest BCUT2D eigenvalue weighted by Crippen LogP contribution is -2.31. The van der Waals surface area contributed by atoms with Crippen molar-refractivity contribution in [2.75, 3.05) is 7.11 Å². The van der Waals surface area contributed by atoms with Gasteiger partial charge in [-0.2, -0.15) is 4.80 Å². The summed E-state index contributed by atoms with van der Waals surface area (Å²) in [4.78, 5) is 31.9. The minimum Gasteiger partial charge on any atom is -0.396 e. The lowest BCUT2D eigenvalue weighted by atomic mass is 10.2. The van der Waals surface area contributed by atoms with Gasteiger partial charge in [0.2, 0.25) is 0 Å². The molecule has 4 aromatic rings. The Bertz CT molecular complexity index is 1210. The number of fused-ring (bicyclic) bond motifs is 2. The van der Waals surface area contributed by atoms with Gasteiger partial charge >= 0.3 is 5.56 Å². The summed E-state index contributed by atoms with van der Waals surface area (Å²) in [5.74, 6) is 0. The van der Waals surface area contributed by atoms with Gasteiger partial charge in [0, 0.05) is 0 Å². The average Bonchev–Trinajstić information content (AvgIpc) is 3.14. The van der Waals surface area contributed by atoms with Crippen molar-refractivity contribution in [2.45, 2.75) is 19.5 Å². The summed E-state index contributed by atoms with van der Waals surface area (Å²) in [6, 6.07) is 2.55. The van der Waals surface area contributed by atoms with Crippen LogP contribution in [0, 0.1) is 0 Å². The SMILES string of the molecule is COn1nnc2cc3c(=O)n(C(C)Cn4ncnn4)nnc3cc2c1=O. The van der Waals surface area contributed by atoms with Crippen LogP contribution in [0.2, 0.25) is 0 Å². The first-order valence-electron chi connectivity index (χ1n) is 7.52. The fourth-order valence-electron chi connectivity index (χ4n) is 2.57. The molecule has 0 aliphatic heterocycles. The molecular weight excluding hydrogens is 344 g/mol. The highest BCUT2D eigenvalue weighted by Crippen LogP contribution is 2.14. The Morgan fingerprint density at radius 2 is 1.73 bits per heavy atom. The number of tetrazole rings is 1. The molecule has 0 radical (unpaired) electrons. The van der Waals surface area contributed by atoms with Gasteiger partial charge < -0.3 is 4.84 Å². The van der Waals surface area contributed by atoms with Gasteiger partial charge in [0.05, 0.1) is 23.4 Å². The van der Waals surface area contributed by atoms with Crippen molar-refractivity contribution in [1.29, 1.82) is 0 Å². The molecule has 1 unspecified atom stereocenters. The van der Waals surface area contributed by atoms with E-state index in [0.717, 1.165) is 4.85 Å². The monoisotopic (exact) mass is 356 g/mol. The number of aromatic nitrogens is 10. The van der Waals surface area contributed by atoms with Crippen molar-refractivity contribution in [3.05, 3.63) is 39.2 Å². The van der Waals surface area contributed by atoms with Crippen molar-refractivity contribution in [3.8, 4) is 0 Å². The summed E-state index contributed by atoms with van der Waals surface area (Å²) >= 11 is 0. The Morgan fingerprint density at radius 1 is 1.04 bits per heavy atom. The van der Waals surface area contributed by atoms with E-state index in [1.165, 1.54) is 35.0 Å². The highest BCUT2D eigenvalue weighted by Gasteiger charge is 2.16. The minimum atomic E-state index is -0.504. The third kappa shape index (κ3) is 2.45. The molecule has 0 bridgehead atoms. The quantitative estimate of drug-likeness (QED) is 0.383. The van der Waals surface area contributed by atoms with Crippen LogP contribution in [0.1, 0.15) is 13.0 Å². The van der Waals surface area contributed by atoms with Crippen LogP contribution < -0.4 is 16.0 Å². The van der Waals surface area contributed by atoms with E-state index in [0.29, 0.717) is 6.54 Å². The molecule has 0 amide bonds. The first-order chi connectivity index (χ1) is 12.6. The topological polar surface area (TPSA) is 148 Å². The zero-order valence-electron chi connectivity index (χ0n) is 13.7. The van der Waals surface area contributed by atoms with Crippen LogP contribution in [-0.4, -0.2) is 57.5 Å². The fourth-order valence-corrected chi connectivity index (χ4v) is 2.57. The van der Waals surface area contributed by atoms with E-state index in [9.17, 15) is 9.59 Å². The number of hydrogen-bond donors (Lipinski definition) is 0. The smallest absolute Gasteiger partial charge is 0.314 e. The molecule has 3 aromatic heterocycles. The van der Waals surface area contributed by atoms with E-state index in [2.05, 4.69) is 36.0 Å². The number of nitrogens with zero attached hydrogens (tertiary/aromatic N) is 10. The van der Waals surface area contributed by atoms with Gasteiger partial charge in [-0.05, 0) is 34.3 Å². The van der Waals surface area contributed by atoms with Crippen molar-refractivity contribution in [1.82, 2.24) is 50.4 Å². The van der Waals surface area contributed by atoms with Crippen molar-refractivity contribution < 1.29 is 4.84 Å². The largest absolute Gasteiger partial charge is 0.396 e. The van der Waals surface area contributed by atoms with Crippen LogP contribution in [0.4, 0.5) is 0 Å². The second kappa shape index (κ2) is 5.94. The lowest BCUT2D eigenvalue weighted by Gasteiger charge is -2.12. The number of benzene rings is 1. The highest BCUT2D eigenvalue weighted by atomic mass is 16.7. The maximum absolute atomic E-state index is 12.8. The van der Waals surface area contributed by atoms with Gasteiger partial charge in [-0.25, -0.2) is 4.68 Å². The van der Waals surface area contributed by atoms with Gasteiger partial charge in [0.15, 0.2) is 6.33 Å². The molecule has 0 N–H and O–H groups in total. The Morgan fingerprint density at radius 3 is 2.38 bits per heavy atom. The van der Waals surface area contributed by atoms with Crippen LogP contribution in [0.3, 0.4) is 0 Å². The molecule has 13 heteroatoms. The molecule has 0 aliphatic rings. The van der Waals surface area contributed by atoms with Gasteiger partial charge in [0.1, 0.15) is 18.1 Å². The first-order valence-corrected chi connectivity index (χ1v) is 7.52. The summed E-state index contributed by atoms with van der Waals surface area (Å²) < 4.78 is 1.22. The second-order valence-corrected chi connectivity index (χ2v) is 5.52. The summed E-state index contributed by atoms with van der Waals surface area (Å²) in [6.45, 7) is 2.08. The van der Waals surface area contributed by atoms with Crippen molar-refractivity contribution in [2.24, 2.45) is 0 Å². The van der Waals surface area contributed by atoms with E-state index < -0.39 is 5.56 Å². The van der Waals surface area contributed by atoms with E-state index in [1.807, 2.05) is 0 Å². The van der Waals surface area contributed by atoms with Crippen LogP contribution in [-0.2, 0) is 6.54 Å². The molecule has 0 aliphatic carbocycles. The maximum atomic E-state index is 12.8. The average molecular weight is 356 g/mol. The summed E-state index contributed by atoms with van der Waals surface area (Å²) in [7, 11) is 1.30. The van der Waals surface area contributed by atoms with E-state index >= 15 is 0 Å². The summed E-state index contributed by atoms with van der Waals surface area (Å²) in [5, 5.41) is 27.3. The maximum Gasteiger partial charge on any atom is 0.314 e. The van der Waals surface area contributed by atoms with Gasteiger partial charge in [-0.1, -0.05) is 5.21 Å². The van der Waals surface area contributed by atoms with E-state index in [-0.39, 0.29) is 33.4 Å². The van der Waals surface area contributed by atoms with Gasteiger partial charge in [0.25, 0.3) is 5.56 Å². The Hall–Kier alpha value is -3.77. The van der Waals surface area contributed by atoms with Crippen LogP contribution in [0.25, 0.3) is 21.8 Å². The molecule has 13 nitrogen and oxygen atoms in total. The van der Waals surface area contributed by atoms with Crippen molar-refractivity contribution in [3.63, 3.8) is 0 Å². The van der Waals surface area contributed by atoms with Crippen LogP contribution >= 0.6 is 0 Å². The normalized spacial score (nSPS) is 12.5. The predicted octanol–water partition coefficient (Wildman–Crippen LogP) is -1.80. The zero-order chi connectivity index (χ0) is 18.3. The Kier molecular flexibility index (Phi) is 3.60. The summed E-state index contributed by atoms with van der Waals surface area (Å²) in [5.41, 5.74) is -0.339. The molecule has 0 saturated carbocycles. The molecule has 26 heavy (non-hydrogen) atoms.